The highest BCUT2D eigenvalue weighted by Crippen LogP contribution is 2.29. The number of para-hydroxylation sites is 1. The van der Waals surface area contributed by atoms with Crippen molar-refractivity contribution in [1.82, 2.24) is 10.3 Å². The van der Waals surface area contributed by atoms with E-state index in [1.165, 1.54) is 11.3 Å². The van der Waals surface area contributed by atoms with Crippen molar-refractivity contribution in [3.8, 4) is 22.1 Å². The Kier molecular flexibility index (Phi) is 6.57. The van der Waals surface area contributed by atoms with Crippen molar-refractivity contribution in [3.05, 3.63) is 95.5 Å². The van der Waals surface area contributed by atoms with E-state index in [-0.39, 0.29) is 18.2 Å². The number of nitrogens with zero attached hydrogens (tertiary/aromatic N) is 1. The zero-order valence-electron chi connectivity index (χ0n) is 17.4. The second-order valence-corrected chi connectivity index (χ2v) is 7.83. The van der Waals surface area contributed by atoms with Crippen LogP contribution in [0.1, 0.15) is 16.1 Å². The maximum atomic E-state index is 12.5. The maximum absolute atomic E-state index is 12.5. The van der Waals surface area contributed by atoms with Crippen LogP contribution in [0.5, 0.6) is 11.5 Å². The van der Waals surface area contributed by atoms with E-state index >= 15 is 0 Å². The van der Waals surface area contributed by atoms with Crippen molar-refractivity contribution in [2.24, 2.45) is 0 Å². The summed E-state index contributed by atoms with van der Waals surface area (Å²) in [6, 6.07) is 24.1. The van der Waals surface area contributed by atoms with Gasteiger partial charge in [-0.05, 0) is 42.5 Å². The minimum Gasteiger partial charge on any atom is -0.457 e. The quantitative estimate of drug-likeness (QED) is 0.414. The highest BCUT2D eigenvalue weighted by Gasteiger charge is 2.11. The molecule has 0 unspecified atom stereocenters. The summed E-state index contributed by atoms with van der Waals surface area (Å²) in [5, 5.41) is 8.08. The molecular weight excluding hydrogens is 422 g/mol. The average molecular weight is 444 g/mol. The lowest BCUT2D eigenvalue weighted by molar-refractivity contribution is -0.115. The summed E-state index contributed by atoms with van der Waals surface area (Å²) < 4.78 is 5.90. The lowest BCUT2D eigenvalue weighted by atomic mass is 10.2. The molecule has 0 spiro atoms. The maximum Gasteiger partial charge on any atom is 0.251 e. The van der Waals surface area contributed by atoms with Crippen LogP contribution in [0.3, 0.4) is 0 Å². The van der Waals surface area contributed by atoms with E-state index in [9.17, 15) is 9.59 Å². The van der Waals surface area contributed by atoms with Gasteiger partial charge in [-0.15, -0.1) is 11.3 Å². The number of anilines is 1. The fourth-order valence-corrected chi connectivity index (χ4v) is 3.91. The van der Waals surface area contributed by atoms with Gasteiger partial charge in [-0.1, -0.05) is 36.4 Å². The molecule has 3 aromatic carbocycles. The van der Waals surface area contributed by atoms with E-state index in [1.807, 2.05) is 60.0 Å². The van der Waals surface area contributed by atoms with Gasteiger partial charge in [0.2, 0.25) is 5.91 Å². The van der Waals surface area contributed by atoms with Gasteiger partial charge in [0.05, 0.1) is 12.1 Å². The predicted molar refractivity (Wildman–Crippen MR) is 126 cm³/mol. The van der Waals surface area contributed by atoms with Crippen LogP contribution in [-0.2, 0) is 11.2 Å². The molecule has 0 saturated carbocycles. The third kappa shape index (κ3) is 5.39. The van der Waals surface area contributed by atoms with Crippen molar-refractivity contribution < 1.29 is 14.3 Å². The van der Waals surface area contributed by atoms with E-state index in [1.54, 1.807) is 31.3 Å². The molecule has 0 aliphatic heterocycles. The summed E-state index contributed by atoms with van der Waals surface area (Å²) in [5.41, 5.74) is 2.66. The van der Waals surface area contributed by atoms with Crippen LogP contribution in [-0.4, -0.2) is 23.8 Å². The van der Waals surface area contributed by atoms with Gasteiger partial charge in [-0.3, -0.25) is 9.59 Å². The van der Waals surface area contributed by atoms with Crippen LogP contribution in [0.4, 0.5) is 5.69 Å². The van der Waals surface area contributed by atoms with Crippen molar-refractivity contribution in [2.75, 3.05) is 12.4 Å². The molecule has 160 valence electrons. The first-order valence-corrected chi connectivity index (χ1v) is 10.9. The normalized spacial score (nSPS) is 10.4. The monoisotopic (exact) mass is 443 g/mol. The van der Waals surface area contributed by atoms with Gasteiger partial charge in [-0.2, -0.15) is 0 Å². The number of ether oxygens (including phenoxy) is 1. The van der Waals surface area contributed by atoms with Gasteiger partial charge in [0.25, 0.3) is 5.91 Å². The highest BCUT2D eigenvalue weighted by molar-refractivity contribution is 7.13. The van der Waals surface area contributed by atoms with Gasteiger partial charge in [-0.25, -0.2) is 4.98 Å². The molecule has 0 bridgehead atoms. The van der Waals surface area contributed by atoms with Crippen LogP contribution < -0.4 is 15.4 Å². The fourth-order valence-electron chi connectivity index (χ4n) is 3.09. The van der Waals surface area contributed by atoms with E-state index in [0.29, 0.717) is 16.9 Å². The Bertz CT molecular complexity index is 1240. The standard InChI is InChI=1S/C25H21N3O3S/c1-26-24(30)17-7-5-9-19(13-17)27-23(29)15-20-16-32-25(28-20)18-8-6-12-22(14-18)31-21-10-3-2-4-11-21/h2-14,16H,15H2,1H3,(H,26,30)(H,27,29). The molecule has 1 aromatic heterocycles. The summed E-state index contributed by atoms with van der Waals surface area (Å²) in [6.45, 7) is 0. The molecule has 0 atom stereocenters. The van der Waals surface area contributed by atoms with Crippen LogP contribution in [0, 0.1) is 0 Å². The lowest BCUT2D eigenvalue weighted by Crippen LogP contribution is -2.19. The summed E-state index contributed by atoms with van der Waals surface area (Å²) in [6.07, 6.45) is 0.140. The molecule has 7 heteroatoms. The Hall–Kier alpha value is -3.97. The number of rotatable bonds is 7. The van der Waals surface area contributed by atoms with Gasteiger partial charge in [0.1, 0.15) is 16.5 Å². The lowest BCUT2D eigenvalue weighted by Gasteiger charge is -2.07. The minimum atomic E-state index is -0.205. The van der Waals surface area contributed by atoms with Crippen molar-refractivity contribution in [1.29, 1.82) is 0 Å². The van der Waals surface area contributed by atoms with Crippen molar-refractivity contribution in [2.45, 2.75) is 6.42 Å². The summed E-state index contributed by atoms with van der Waals surface area (Å²) in [4.78, 5) is 28.8. The first-order valence-electron chi connectivity index (χ1n) is 10.0. The highest BCUT2D eigenvalue weighted by atomic mass is 32.1. The smallest absolute Gasteiger partial charge is 0.251 e. The summed E-state index contributed by atoms with van der Waals surface area (Å²) in [7, 11) is 1.57. The van der Waals surface area contributed by atoms with Gasteiger partial charge in [0, 0.05) is 29.2 Å². The van der Waals surface area contributed by atoms with Crippen LogP contribution in [0.15, 0.2) is 84.2 Å². The molecule has 32 heavy (non-hydrogen) atoms. The largest absolute Gasteiger partial charge is 0.457 e. The third-order valence-electron chi connectivity index (χ3n) is 4.59. The second kappa shape index (κ2) is 9.89. The number of aromatic nitrogens is 1. The Morgan fingerprint density at radius 3 is 2.53 bits per heavy atom. The molecule has 0 saturated heterocycles. The molecule has 0 aliphatic rings. The third-order valence-corrected chi connectivity index (χ3v) is 5.53. The predicted octanol–water partition coefficient (Wildman–Crippen LogP) is 5.14. The molecular formula is C25H21N3O3S. The number of nitrogens with one attached hydrogen (secondary N) is 2. The molecule has 0 aliphatic carbocycles. The molecule has 1 heterocycles. The summed E-state index contributed by atoms with van der Waals surface area (Å²) >= 11 is 1.48. The second-order valence-electron chi connectivity index (χ2n) is 6.97. The Labute approximate surface area is 189 Å². The number of hydrogen-bond donors (Lipinski definition) is 2. The minimum absolute atomic E-state index is 0.140. The molecule has 2 N–H and O–H groups in total. The zero-order chi connectivity index (χ0) is 22.3. The molecule has 0 fully saturated rings. The molecule has 2 amide bonds. The fraction of sp³-hybridized carbons (Fsp3) is 0.0800. The van der Waals surface area contributed by atoms with E-state index in [0.717, 1.165) is 22.1 Å². The molecule has 6 nitrogen and oxygen atoms in total. The van der Waals surface area contributed by atoms with E-state index < -0.39 is 0 Å². The number of benzene rings is 3. The number of hydrogen-bond acceptors (Lipinski definition) is 5. The zero-order valence-corrected chi connectivity index (χ0v) is 18.2. The number of amides is 2. The van der Waals surface area contributed by atoms with Gasteiger partial charge in [0.15, 0.2) is 0 Å². The van der Waals surface area contributed by atoms with E-state index in [2.05, 4.69) is 15.6 Å². The number of thiazole rings is 1. The SMILES string of the molecule is CNC(=O)c1cccc(NC(=O)Cc2csc(-c3cccc(Oc4ccccc4)c3)n2)c1. The van der Waals surface area contributed by atoms with Crippen LogP contribution >= 0.6 is 11.3 Å². The first-order chi connectivity index (χ1) is 15.6. The van der Waals surface area contributed by atoms with Crippen molar-refractivity contribution >= 4 is 28.8 Å². The first kappa shape index (κ1) is 21.3. The van der Waals surface area contributed by atoms with Crippen LogP contribution in [0.2, 0.25) is 0 Å². The summed E-state index contributed by atoms with van der Waals surface area (Å²) in [5.74, 6) is 1.08. The van der Waals surface area contributed by atoms with Crippen molar-refractivity contribution in [3.63, 3.8) is 0 Å². The van der Waals surface area contributed by atoms with E-state index in [4.69, 9.17) is 4.74 Å². The Balaban J connectivity index is 1.41. The average Bonchev–Trinajstić information content (AvgIpc) is 3.28. The molecule has 0 radical (unpaired) electrons. The molecule has 4 aromatic rings. The molecule has 4 rings (SSSR count). The number of carbonyl (C=O) groups excluding carboxylic acids is 2. The number of carbonyl (C=O) groups is 2. The van der Waals surface area contributed by atoms with Gasteiger partial charge < -0.3 is 15.4 Å². The Morgan fingerprint density at radius 1 is 0.938 bits per heavy atom. The topological polar surface area (TPSA) is 80.3 Å². The van der Waals surface area contributed by atoms with Gasteiger partial charge >= 0.3 is 0 Å². The van der Waals surface area contributed by atoms with Crippen LogP contribution in [0.25, 0.3) is 10.6 Å². The Morgan fingerprint density at radius 2 is 1.72 bits per heavy atom.